The average Bonchev–Trinajstić information content (AvgIpc) is 0.794. The molecule has 6 heterocycles. The Morgan fingerprint density at radius 2 is 0.607 bits per heavy atom. The van der Waals surface area contributed by atoms with Gasteiger partial charge in [0, 0.05) is 42.8 Å². The van der Waals surface area contributed by atoms with Crippen molar-refractivity contribution in [3.05, 3.63) is 31.2 Å². The van der Waals surface area contributed by atoms with Gasteiger partial charge in [-0.15, -0.1) is 15.0 Å². The number of hydrogen-bond donors (Lipinski definition) is 22. The minimum Gasteiger partial charge on any atom is -0.737 e. The molecule has 6 fully saturated rings. The topological polar surface area (TPSA) is 735 Å². The van der Waals surface area contributed by atoms with Crippen LogP contribution in [0.1, 0.15) is 65.7 Å². The van der Waals surface area contributed by atoms with Gasteiger partial charge in [0.1, 0.15) is 160 Å². The van der Waals surface area contributed by atoms with E-state index in [9.17, 15) is 108 Å². The molecule has 0 aliphatic carbocycles. The summed E-state index contributed by atoms with van der Waals surface area (Å²) in [7, 11) is 3.90. The van der Waals surface area contributed by atoms with E-state index in [-0.39, 0.29) is 60.7 Å². The van der Waals surface area contributed by atoms with Gasteiger partial charge in [-0.25, -0.2) is 0 Å². The highest BCUT2D eigenvalue weighted by Gasteiger charge is 2.55. The monoisotopic (exact) mass is 1640 g/mol. The van der Waals surface area contributed by atoms with Gasteiger partial charge in [0.2, 0.25) is 0 Å². The smallest absolute Gasteiger partial charge is 0.187 e. The van der Waals surface area contributed by atoms with Gasteiger partial charge in [-0.2, -0.15) is 0 Å². The van der Waals surface area contributed by atoms with Crippen molar-refractivity contribution in [1.82, 2.24) is 36.3 Å². The number of ether oxygens (including phenoxy) is 12. The summed E-state index contributed by atoms with van der Waals surface area (Å²) in [6.07, 6.45) is -33.1. The predicted molar refractivity (Wildman–Crippen MR) is 383 cm³/mol. The Morgan fingerprint density at radius 1 is 0.339 bits per heavy atom. The molecule has 0 spiro atoms. The Labute approximate surface area is 648 Å². The van der Waals surface area contributed by atoms with Crippen molar-refractivity contribution in [2.45, 2.75) is 249 Å². The molecular formula is C63H127N16O33-3. The van der Waals surface area contributed by atoms with Gasteiger partial charge in [-0.05, 0) is 147 Å². The van der Waals surface area contributed by atoms with Crippen molar-refractivity contribution in [3.8, 4) is 0 Å². The zero-order valence-electron chi connectivity index (χ0n) is 64.2. The summed E-state index contributed by atoms with van der Waals surface area (Å²) in [6.45, 7) is 9.54. The molecule has 49 nitrogen and oxygen atoms in total. The first-order chi connectivity index (χ1) is 53.6. The van der Waals surface area contributed by atoms with Crippen molar-refractivity contribution >= 4 is 0 Å². The van der Waals surface area contributed by atoms with E-state index in [0.29, 0.717) is 71.5 Å². The minimum absolute atomic E-state index is 0.0126. The third-order valence-electron chi connectivity index (χ3n) is 19.7. The van der Waals surface area contributed by atoms with E-state index < -0.39 is 203 Å². The van der Waals surface area contributed by atoms with Gasteiger partial charge in [-0.1, -0.05) is 0 Å². The van der Waals surface area contributed by atoms with E-state index in [4.69, 9.17) is 74.0 Å². The number of nitrogens with one attached hydrogen (secondary N) is 4. The molecule has 49 heteroatoms. The third kappa shape index (κ3) is 29.6. The molecule has 0 saturated carbocycles. The fourth-order valence-corrected chi connectivity index (χ4v) is 13.4. The fourth-order valence-electron chi connectivity index (χ4n) is 13.4. The van der Waals surface area contributed by atoms with Gasteiger partial charge in [-0.3, -0.25) is 0 Å². The molecule has 6 saturated heterocycles. The molecule has 112 heavy (non-hydrogen) atoms. The summed E-state index contributed by atoms with van der Waals surface area (Å²) < 4.78 is 66.9. The summed E-state index contributed by atoms with van der Waals surface area (Å²) in [4.78, 5) is -0.272. The van der Waals surface area contributed by atoms with Crippen LogP contribution in [0, 0.1) is 31.2 Å². The quantitative estimate of drug-likeness (QED) is 0.0116. The summed E-state index contributed by atoms with van der Waals surface area (Å²) >= 11 is 0. The van der Waals surface area contributed by atoms with Crippen LogP contribution in [0.5, 0.6) is 0 Å². The number of hydrazine groups is 3. The van der Waals surface area contributed by atoms with Crippen molar-refractivity contribution < 1.29 is 148 Å². The lowest BCUT2D eigenvalue weighted by Crippen LogP contribution is -2.65. The third-order valence-corrected chi connectivity index (χ3v) is 19.7. The van der Waals surface area contributed by atoms with Crippen LogP contribution in [-0.2, 0) is 56.8 Å². The first-order valence-electron chi connectivity index (χ1n) is 37.6. The van der Waals surface area contributed by atoms with Crippen molar-refractivity contribution in [3.63, 3.8) is 0 Å². The largest absolute Gasteiger partial charge is 0.737 e. The molecule has 25 N–H and O–H groups in total. The van der Waals surface area contributed by atoms with E-state index in [1.54, 1.807) is 0 Å². The van der Waals surface area contributed by atoms with Crippen LogP contribution in [0.25, 0.3) is 0 Å². The maximum Gasteiger partial charge on any atom is 0.187 e. The van der Waals surface area contributed by atoms with Crippen LogP contribution >= 0.6 is 0 Å². The molecule has 6 rings (SSSR count). The zero-order valence-corrected chi connectivity index (χ0v) is 64.2. The molecule has 0 aromatic carbocycles. The van der Waals surface area contributed by atoms with Crippen LogP contribution in [0.15, 0.2) is 15.8 Å². The zero-order chi connectivity index (χ0) is 83.3. The Kier molecular flexibility index (Phi) is 47.5. The number of rotatable bonds is 46. The van der Waals surface area contributed by atoms with Gasteiger partial charge in [0.25, 0.3) is 0 Å². The van der Waals surface area contributed by atoms with E-state index in [0.717, 1.165) is 48.9 Å². The molecular weight excluding hydrogens is 1510 g/mol. The summed E-state index contributed by atoms with van der Waals surface area (Å²) in [6, 6.07) is 0. The second-order valence-corrected chi connectivity index (χ2v) is 27.7. The molecule has 660 valence electrons. The number of nitrogens with zero attached hydrogens (tertiary/aromatic N) is 9. The summed E-state index contributed by atoms with van der Waals surface area (Å²) in [5.74, 6) is 0. The second kappa shape index (κ2) is 53.1. The molecule has 6 aliphatic rings. The van der Waals surface area contributed by atoms with Crippen LogP contribution in [-0.4, -0.2) is 443 Å². The highest BCUT2D eigenvalue weighted by atomic mass is 16.7. The highest BCUT2D eigenvalue weighted by molar-refractivity contribution is 4.99. The SMILES string of the molecule is CO[C@H]1[C@H](O)[C@@H](O)[C@@H](OC2[C@@H](CO)O[C@H](C)[C@H](O)[C@H]2O)O[C@@H]1CN(CCCNCCCN)/[N+]([O-])=N/[O-].CO[C@H]1[C@H](O)[C@@H](O)[C@@H](OC2[C@@H](CO)O[C@H](C)[C@H](O)[C@H]2O)O[C@@H]1CN(CCCNCCCNCCCN)/[N+]([O-])=N/[O-].CO[C@H]1[C@H](O)[C@@H](O)[C@@H](OC2[C@@H](CO)O[C@H](C)[C@H](O)[C@H]2O)O[C@@H]1CNCCCN(CCCN)/[N+]([O-])=N/[O-]. The Balaban J connectivity index is 0.000000355. The summed E-state index contributed by atoms with van der Waals surface area (Å²) in [5.41, 5.74) is 16.3. The molecule has 30 atom stereocenters. The van der Waals surface area contributed by atoms with E-state index in [2.05, 4.69) is 37.1 Å². The van der Waals surface area contributed by atoms with Gasteiger partial charge < -0.3 is 203 Å². The highest BCUT2D eigenvalue weighted by Crippen LogP contribution is 2.34. The Morgan fingerprint density at radius 3 is 0.920 bits per heavy atom. The number of nitrogens with two attached hydrogens (primary N) is 3. The summed E-state index contributed by atoms with van der Waals surface area (Å²) in [5, 5.41) is 246. The predicted octanol–water partition coefficient (Wildman–Crippen LogP) is -11.0. The lowest BCUT2D eigenvalue weighted by molar-refractivity contribution is -0.692. The number of aliphatic hydroxyl groups excluding tert-OH is 15. The van der Waals surface area contributed by atoms with E-state index >= 15 is 0 Å². The molecule has 0 amide bonds. The Hall–Kier alpha value is -4.36. The Bertz CT molecular complexity index is 2580. The van der Waals surface area contributed by atoms with Crippen LogP contribution in [0.4, 0.5) is 0 Å². The van der Waals surface area contributed by atoms with Crippen LogP contribution < -0.4 is 38.5 Å². The lowest BCUT2D eigenvalue weighted by Gasteiger charge is -2.46. The van der Waals surface area contributed by atoms with Gasteiger partial charge >= 0.3 is 0 Å². The van der Waals surface area contributed by atoms with Crippen molar-refractivity contribution in [1.29, 1.82) is 0 Å². The normalized spacial score (nSPS) is 36.8. The molecule has 0 aromatic heterocycles. The lowest BCUT2D eigenvalue weighted by atomic mass is 9.94. The molecule has 0 bridgehead atoms. The van der Waals surface area contributed by atoms with Gasteiger partial charge in [0.05, 0.1) is 64.3 Å². The van der Waals surface area contributed by atoms with Crippen LogP contribution in [0.3, 0.4) is 0 Å². The molecule has 0 radical (unpaired) electrons. The first kappa shape index (κ1) is 100.0. The number of hydrogen-bond acceptors (Lipinski definition) is 43. The maximum atomic E-state index is 12.2. The number of aliphatic hydroxyl groups is 15. The van der Waals surface area contributed by atoms with Crippen molar-refractivity contribution in [2.75, 3.05) is 152 Å². The molecule has 6 aliphatic heterocycles. The van der Waals surface area contributed by atoms with Gasteiger partial charge in [0.15, 0.2) is 18.9 Å². The first-order valence-corrected chi connectivity index (χ1v) is 37.6. The second-order valence-electron chi connectivity index (χ2n) is 27.7. The fraction of sp³-hybridized carbons (Fsp3) is 1.00. The minimum atomic E-state index is -1.65. The van der Waals surface area contributed by atoms with Crippen molar-refractivity contribution in [2.24, 2.45) is 33.0 Å². The van der Waals surface area contributed by atoms with Crippen LogP contribution in [0.2, 0.25) is 0 Å². The average molecular weight is 1640 g/mol. The standard InChI is InChI=1S/C23H48N6O11.2C20H41N5O11/c1-14-17(31)18(32)22(16(13-30)38-14)40-23-20(34)19(33)21(37-2)15(39-23)12-28(29(36)27-35)11-5-10-26-9-4-8-25-7-3-6-24;1-11-14(27)15(28)19(13(10-26)34-11)36-20-17(30)16(29)18(33-2)12(35-20)9-22-6-4-8-24(7-3-5-21)25(32)23-31;1-11-14(27)15(28)19(13(10-26)34-11)36-20-17(30)16(29)18(33-2)12(35-20)9-24(25(32)23-31)8-4-7-22-6-3-5-21/h14-23,25-26,30-35H,3-13,24H2,1-2H3;2*11-20,22,26-31H,3-10,21H2,1-2H3/p-3/b29-27-;2*25-23-/t14-,15-,16-,17+,18-,19-,20-,21-,22?,23-;2*11-,12-,13-,14+,15-,16-,17-,18-,19?,20-/m111/s1. The molecule has 0 aromatic rings. The van der Waals surface area contributed by atoms with E-state index in [1.165, 1.54) is 47.1 Å². The number of methoxy groups -OCH3 is 3. The van der Waals surface area contributed by atoms with E-state index in [1.807, 2.05) is 0 Å². The maximum absolute atomic E-state index is 12.2. The molecule has 3 unspecified atom stereocenters.